The van der Waals surface area contributed by atoms with E-state index in [0.717, 1.165) is 28.8 Å². The molecule has 1 aliphatic heterocycles. The number of sulfonamides is 1. The van der Waals surface area contributed by atoms with Crippen LogP contribution in [0.1, 0.15) is 16.7 Å². The highest BCUT2D eigenvalue weighted by molar-refractivity contribution is 7.92. The number of nitrogens with two attached hydrogens (primary N) is 1. The molecule has 1 aliphatic rings. The van der Waals surface area contributed by atoms with E-state index in [9.17, 15) is 8.42 Å². The van der Waals surface area contributed by atoms with Gasteiger partial charge in [0, 0.05) is 13.1 Å². The summed E-state index contributed by atoms with van der Waals surface area (Å²) in [6.07, 6.45) is 0.779. The number of fused-ring (bicyclic) bond motifs is 1. The highest BCUT2D eigenvalue weighted by atomic mass is 32.2. The maximum absolute atomic E-state index is 12.6. The molecule has 3 rings (SSSR count). The Balaban J connectivity index is 1.84. The van der Waals surface area contributed by atoms with Crippen LogP contribution in [-0.2, 0) is 28.7 Å². The Labute approximate surface area is 125 Å². The van der Waals surface area contributed by atoms with Crippen molar-refractivity contribution in [1.82, 2.24) is 0 Å². The summed E-state index contributed by atoms with van der Waals surface area (Å²) in [4.78, 5) is 0. The molecule has 0 aliphatic carbocycles. The third-order valence-corrected chi connectivity index (χ3v) is 5.54. The van der Waals surface area contributed by atoms with Gasteiger partial charge in [-0.25, -0.2) is 8.42 Å². The van der Waals surface area contributed by atoms with Crippen LogP contribution < -0.4 is 10.0 Å². The smallest absolute Gasteiger partial charge is 0.239 e. The molecule has 110 valence electrons. The molecular weight excluding hydrogens is 284 g/mol. The minimum atomic E-state index is -3.34. The lowest BCUT2D eigenvalue weighted by Gasteiger charge is -2.19. The topological polar surface area (TPSA) is 63.4 Å². The van der Waals surface area contributed by atoms with Gasteiger partial charge in [0.2, 0.25) is 10.0 Å². The van der Waals surface area contributed by atoms with Gasteiger partial charge in [-0.15, -0.1) is 0 Å². The van der Waals surface area contributed by atoms with Crippen LogP contribution in [0.25, 0.3) is 0 Å². The molecule has 0 bridgehead atoms. The number of para-hydroxylation sites is 1. The van der Waals surface area contributed by atoms with Crippen molar-refractivity contribution in [1.29, 1.82) is 0 Å². The second kappa shape index (κ2) is 5.50. The number of rotatable bonds is 4. The van der Waals surface area contributed by atoms with Crippen molar-refractivity contribution in [3.63, 3.8) is 0 Å². The van der Waals surface area contributed by atoms with E-state index in [-0.39, 0.29) is 5.75 Å². The molecule has 2 N–H and O–H groups in total. The standard InChI is InChI=1S/C16H18N2O2S/c17-11-13-5-7-14(8-6-13)12-21(19,20)18-10-9-15-3-1-2-4-16(15)18/h1-8H,9-12,17H2. The van der Waals surface area contributed by atoms with Crippen molar-refractivity contribution in [3.8, 4) is 0 Å². The minimum Gasteiger partial charge on any atom is -0.326 e. The summed E-state index contributed by atoms with van der Waals surface area (Å²) in [7, 11) is -3.34. The summed E-state index contributed by atoms with van der Waals surface area (Å²) < 4.78 is 26.8. The zero-order chi connectivity index (χ0) is 14.9. The van der Waals surface area contributed by atoms with Crippen LogP contribution in [0.5, 0.6) is 0 Å². The van der Waals surface area contributed by atoms with E-state index in [2.05, 4.69) is 0 Å². The van der Waals surface area contributed by atoms with Gasteiger partial charge in [0.1, 0.15) is 0 Å². The molecule has 5 heteroatoms. The fraction of sp³-hybridized carbons (Fsp3) is 0.250. The maximum atomic E-state index is 12.6. The molecule has 0 fully saturated rings. The molecule has 0 spiro atoms. The Morgan fingerprint density at radius 3 is 2.38 bits per heavy atom. The van der Waals surface area contributed by atoms with Crippen LogP contribution in [-0.4, -0.2) is 15.0 Å². The normalized spacial score (nSPS) is 14.2. The van der Waals surface area contributed by atoms with Crippen molar-refractivity contribution < 1.29 is 8.42 Å². The van der Waals surface area contributed by atoms with Crippen molar-refractivity contribution >= 4 is 15.7 Å². The lowest BCUT2D eigenvalue weighted by Crippen LogP contribution is -2.30. The minimum absolute atomic E-state index is 0.0200. The van der Waals surface area contributed by atoms with E-state index in [1.165, 1.54) is 4.31 Å². The quantitative estimate of drug-likeness (QED) is 0.940. The first-order chi connectivity index (χ1) is 10.1. The van der Waals surface area contributed by atoms with Gasteiger partial charge in [-0.3, -0.25) is 4.31 Å². The van der Waals surface area contributed by atoms with E-state index < -0.39 is 10.0 Å². The largest absolute Gasteiger partial charge is 0.326 e. The summed E-state index contributed by atoms with van der Waals surface area (Å²) >= 11 is 0. The SMILES string of the molecule is NCc1ccc(CS(=O)(=O)N2CCc3ccccc32)cc1. The van der Waals surface area contributed by atoms with E-state index in [0.29, 0.717) is 13.1 Å². The molecule has 0 aromatic heterocycles. The third-order valence-electron chi connectivity index (χ3n) is 3.79. The molecule has 4 nitrogen and oxygen atoms in total. The zero-order valence-corrected chi connectivity index (χ0v) is 12.5. The van der Waals surface area contributed by atoms with Gasteiger partial charge >= 0.3 is 0 Å². The highest BCUT2D eigenvalue weighted by Gasteiger charge is 2.28. The van der Waals surface area contributed by atoms with E-state index in [1.54, 1.807) is 0 Å². The fourth-order valence-corrected chi connectivity index (χ4v) is 4.27. The Bertz CT molecular complexity index is 739. The molecule has 0 saturated carbocycles. The summed E-state index contributed by atoms with van der Waals surface area (Å²) in [5.41, 5.74) is 9.26. The van der Waals surface area contributed by atoms with Gasteiger partial charge in [0.05, 0.1) is 11.4 Å². The lowest BCUT2D eigenvalue weighted by molar-refractivity contribution is 0.591. The number of hydrogen-bond donors (Lipinski definition) is 1. The third kappa shape index (κ3) is 2.80. The predicted octanol–water partition coefficient (Wildman–Crippen LogP) is 2.04. The van der Waals surface area contributed by atoms with Crippen LogP contribution in [0.4, 0.5) is 5.69 Å². The molecule has 0 radical (unpaired) electrons. The first-order valence-electron chi connectivity index (χ1n) is 6.96. The van der Waals surface area contributed by atoms with Crippen molar-refractivity contribution in [3.05, 3.63) is 65.2 Å². The Morgan fingerprint density at radius 1 is 1.00 bits per heavy atom. The van der Waals surface area contributed by atoms with Crippen LogP contribution in [0, 0.1) is 0 Å². The molecule has 21 heavy (non-hydrogen) atoms. The van der Waals surface area contributed by atoms with Crippen LogP contribution in [0.15, 0.2) is 48.5 Å². The van der Waals surface area contributed by atoms with Gasteiger partial charge in [0.15, 0.2) is 0 Å². The molecule has 2 aromatic carbocycles. The highest BCUT2D eigenvalue weighted by Crippen LogP contribution is 2.31. The number of hydrogen-bond acceptors (Lipinski definition) is 3. The fourth-order valence-electron chi connectivity index (χ4n) is 2.66. The Hall–Kier alpha value is -1.85. The van der Waals surface area contributed by atoms with E-state index >= 15 is 0 Å². The molecule has 0 atom stereocenters. The summed E-state index contributed by atoms with van der Waals surface area (Å²) in [6, 6.07) is 15.1. The monoisotopic (exact) mass is 302 g/mol. The second-order valence-corrected chi connectivity index (χ2v) is 7.12. The summed E-state index contributed by atoms with van der Waals surface area (Å²) in [5.74, 6) is 0.0200. The Morgan fingerprint density at radius 2 is 1.67 bits per heavy atom. The number of benzene rings is 2. The van der Waals surface area contributed by atoms with Crippen LogP contribution in [0.2, 0.25) is 0 Å². The zero-order valence-electron chi connectivity index (χ0n) is 11.7. The van der Waals surface area contributed by atoms with Gasteiger partial charge in [-0.2, -0.15) is 0 Å². The number of nitrogens with zero attached hydrogens (tertiary/aromatic N) is 1. The lowest BCUT2D eigenvalue weighted by atomic mass is 10.1. The van der Waals surface area contributed by atoms with Crippen molar-refractivity contribution in [2.24, 2.45) is 5.73 Å². The second-order valence-electron chi connectivity index (χ2n) is 5.23. The molecular formula is C16H18N2O2S. The Kier molecular flexibility index (Phi) is 3.69. The summed E-state index contributed by atoms with van der Waals surface area (Å²) in [6.45, 7) is 0.995. The van der Waals surface area contributed by atoms with E-state index in [4.69, 9.17) is 5.73 Å². The average Bonchev–Trinajstić information content (AvgIpc) is 2.92. The molecule has 0 unspecified atom stereocenters. The van der Waals surface area contributed by atoms with Crippen molar-refractivity contribution in [2.75, 3.05) is 10.8 Å². The maximum Gasteiger partial charge on any atom is 0.239 e. The molecule has 2 aromatic rings. The number of anilines is 1. The molecule has 0 saturated heterocycles. The van der Waals surface area contributed by atoms with E-state index in [1.807, 2.05) is 48.5 Å². The first-order valence-corrected chi connectivity index (χ1v) is 8.57. The van der Waals surface area contributed by atoms with Gasteiger partial charge in [-0.05, 0) is 29.2 Å². The molecule has 0 amide bonds. The van der Waals surface area contributed by atoms with Crippen LogP contribution in [0.3, 0.4) is 0 Å². The van der Waals surface area contributed by atoms with Gasteiger partial charge in [0.25, 0.3) is 0 Å². The van der Waals surface area contributed by atoms with Gasteiger partial charge < -0.3 is 5.73 Å². The predicted molar refractivity (Wildman–Crippen MR) is 84.4 cm³/mol. The van der Waals surface area contributed by atoms with Gasteiger partial charge in [-0.1, -0.05) is 42.5 Å². The molecule has 1 heterocycles. The van der Waals surface area contributed by atoms with Crippen molar-refractivity contribution in [2.45, 2.75) is 18.7 Å². The van der Waals surface area contributed by atoms with Crippen LogP contribution >= 0.6 is 0 Å². The first kappa shape index (κ1) is 14.1. The average molecular weight is 302 g/mol. The summed E-state index contributed by atoms with van der Waals surface area (Å²) in [5, 5.41) is 0.